The molecule has 1 fully saturated rings. The van der Waals surface area contributed by atoms with Gasteiger partial charge in [0, 0.05) is 11.8 Å². The van der Waals surface area contributed by atoms with Gasteiger partial charge >= 0.3 is 5.97 Å². The Labute approximate surface area is 190 Å². The van der Waals surface area contributed by atoms with E-state index < -0.39 is 5.97 Å². The third-order valence-electron chi connectivity index (χ3n) is 4.69. The van der Waals surface area contributed by atoms with E-state index in [4.69, 9.17) is 26.2 Å². The SMILES string of the molecule is CC.CCOC(=O)/C(NN)=C(/N)OC1CCCCC1.OCc1ccccc1-c1ccn[nH]1. The first-order valence-electron chi connectivity index (χ1n) is 11.1. The molecule has 0 spiro atoms. The molecule has 0 aliphatic heterocycles. The molecule has 9 heteroatoms. The van der Waals surface area contributed by atoms with Crippen molar-refractivity contribution in [2.24, 2.45) is 11.6 Å². The highest BCUT2D eigenvalue weighted by Gasteiger charge is 2.20. The van der Waals surface area contributed by atoms with Crippen LogP contribution in [0, 0.1) is 0 Å². The quantitative estimate of drug-likeness (QED) is 0.143. The zero-order valence-corrected chi connectivity index (χ0v) is 19.3. The fourth-order valence-corrected chi connectivity index (χ4v) is 3.18. The van der Waals surface area contributed by atoms with E-state index in [1.807, 2.05) is 44.2 Å². The van der Waals surface area contributed by atoms with E-state index in [9.17, 15) is 4.79 Å². The van der Waals surface area contributed by atoms with Gasteiger partial charge in [-0.25, -0.2) is 4.79 Å². The highest BCUT2D eigenvalue weighted by atomic mass is 16.5. The number of carbonyl (C=O) groups excluding carboxylic acids is 1. The summed E-state index contributed by atoms with van der Waals surface area (Å²) in [4.78, 5) is 11.5. The summed E-state index contributed by atoms with van der Waals surface area (Å²) in [6.07, 6.45) is 7.17. The molecule has 0 bridgehead atoms. The molecule has 0 amide bonds. The predicted octanol–water partition coefficient (Wildman–Crippen LogP) is 3.09. The number of nitrogens with one attached hydrogen (secondary N) is 2. The van der Waals surface area contributed by atoms with E-state index in [0.717, 1.165) is 42.5 Å². The van der Waals surface area contributed by atoms with Crippen molar-refractivity contribution in [3.63, 3.8) is 0 Å². The third-order valence-corrected chi connectivity index (χ3v) is 4.69. The molecule has 1 aromatic heterocycles. The number of aromatic amines is 1. The molecule has 1 aliphatic carbocycles. The van der Waals surface area contributed by atoms with Crippen LogP contribution < -0.4 is 17.0 Å². The van der Waals surface area contributed by atoms with Gasteiger partial charge in [-0.05, 0) is 44.2 Å². The number of hydrogen-bond donors (Lipinski definition) is 5. The van der Waals surface area contributed by atoms with Crippen molar-refractivity contribution in [2.45, 2.75) is 65.6 Å². The Morgan fingerprint density at radius 1 is 1.22 bits per heavy atom. The van der Waals surface area contributed by atoms with Gasteiger partial charge < -0.3 is 25.7 Å². The number of aliphatic hydroxyl groups excluding tert-OH is 1. The number of hydrazine groups is 1. The molecule has 7 N–H and O–H groups in total. The number of hydrogen-bond acceptors (Lipinski definition) is 8. The molecule has 1 aliphatic rings. The topological polar surface area (TPSA) is 149 Å². The Hall–Kier alpha value is -3.04. The number of benzene rings is 1. The van der Waals surface area contributed by atoms with Gasteiger partial charge in [0.2, 0.25) is 5.88 Å². The number of rotatable bonds is 7. The van der Waals surface area contributed by atoms with Crippen molar-refractivity contribution in [1.82, 2.24) is 15.6 Å². The summed E-state index contributed by atoms with van der Waals surface area (Å²) in [6, 6.07) is 9.59. The molecule has 32 heavy (non-hydrogen) atoms. The highest BCUT2D eigenvalue weighted by Crippen LogP contribution is 2.22. The van der Waals surface area contributed by atoms with Gasteiger partial charge in [-0.3, -0.25) is 10.9 Å². The van der Waals surface area contributed by atoms with Crippen LogP contribution in [-0.4, -0.2) is 34.0 Å². The van der Waals surface area contributed by atoms with Gasteiger partial charge in [0.15, 0.2) is 5.70 Å². The molecule has 1 aromatic carbocycles. The minimum Gasteiger partial charge on any atom is -0.474 e. The molecular weight excluding hydrogens is 410 g/mol. The number of H-pyrrole nitrogens is 1. The number of carbonyl (C=O) groups is 1. The smallest absolute Gasteiger partial charge is 0.361 e. The Morgan fingerprint density at radius 2 is 1.91 bits per heavy atom. The van der Waals surface area contributed by atoms with Crippen LogP contribution in [0.5, 0.6) is 0 Å². The average Bonchev–Trinajstić information content (AvgIpc) is 3.37. The van der Waals surface area contributed by atoms with Gasteiger partial charge in [-0.15, -0.1) is 0 Å². The van der Waals surface area contributed by atoms with E-state index >= 15 is 0 Å². The number of nitrogens with two attached hydrogens (primary N) is 2. The first kappa shape index (κ1) is 27.0. The molecule has 1 saturated carbocycles. The van der Waals surface area contributed by atoms with E-state index in [2.05, 4.69) is 15.6 Å². The van der Waals surface area contributed by atoms with Crippen LogP contribution in [-0.2, 0) is 20.9 Å². The minimum atomic E-state index is -0.594. The van der Waals surface area contributed by atoms with Crippen LogP contribution in [0.15, 0.2) is 48.1 Å². The van der Waals surface area contributed by atoms with Crippen LogP contribution in [0.1, 0.15) is 58.4 Å². The second kappa shape index (κ2) is 15.7. The largest absolute Gasteiger partial charge is 0.474 e. The molecule has 0 unspecified atom stereocenters. The van der Waals surface area contributed by atoms with Crippen LogP contribution >= 0.6 is 0 Å². The normalized spacial score (nSPS) is 14.0. The van der Waals surface area contributed by atoms with Crippen molar-refractivity contribution < 1.29 is 19.4 Å². The second-order valence-electron chi connectivity index (χ2n) is 6.77. The average molecular weight is 448 g/mol. The Bertz CT molecular complexity index is 802. The lowest BCUT2D eigenvalue weighted by Crippen LogP contribution is -2.33. The summed E-state index contributed by atoms with van der Waals surface area (Å²) in [7, 11) is 0. The number of aliphatic hydroxyl groups is 1. The standard InChI is InChI=1S/C11H21N3O3.C10H10N2O.C2H6/c1-2-16-11(15)9(14-13)10(12)17-8-6-4-3-5-7-8;13-7-8-3-1-2-4-9(8)10-5-6-11-12-10;1-2/h8,14H,2-7,12-13H2,1H3;1-6,13H,7H2,(H,11,12);1-2H3/b10-9+;;. The second-order valence-corrected chi connectivity index (χ2v) is 6.77. The van der Waals surface area contributed by atoms with Crippen LogP contribution in [0.25, 0.3) is 11.3 Å². The maximum absolute atomic E-state index is 11.5. The van der Waals surface area contributed by atoms with Crippen molar-refractivity contribution in [1.29, 1.82) is 0 Å². The van der Waals surface area contributed by atoms with Crippen LogP contribution in [0.3, 0.4) is 0 Å². The fraction of sp³-hybridized carbons (Fsp3) is 0.478. The highest BCUT2D eigenvalue weighted by molar-refractivity contribution is 5.88. The number of ether oxygens (including phenoxy) is 2. The minimum absolute atomic E-state index is 0.0119. The van der Waals surface area contributed by atoms with Gasteiger partial charge in [0.25, 0.3) is 0 Å². The fourth-order valence-electron chi connectivity index (χ4n) is 3.18. The maximum atomic E-state index is 11.5. The summed E-state index contributed by atoms with van der Waals surface area (Å²) in [5.41, 5.74) is 10.8. The Kier molecular flexibility index (Phi) is 13.3. The maximum Gasteiger partial charge on any atom is 0.361 e. The zero-order chi connectivity index (χ0) is 23.8. The van der Waals surface area contributed by atoms with Gasteiger partial charge in [-0.1, -0.05) is 44.5 Å². The van der Waals surface area contributed by atoms with Crippen LogP contribution in [0.2, 0.25) is 0 Å². The lowest BCUT2D eigenvalue weighted by Gasteiger charge is -2.23. The number of nitrogens with zero attached hydrogens (tertiary/aromatic N) is 1. The molecule has 2 aromatic rings. The van der Waals surface area contributed by atoms with E-state index in [1.165, 1.54) is 6.42 Å². The molecule has 178 valence electrons. The Balaban J connectivity index is 0.000000305. The van der Waals surface area contributed by atoms with Crippen LogP contribution in [0.4, 0.5) is 0 Å². The molecule has 9 nitrogen and oxygen atoms in total. The summed E-state index contributed by atoms with van der Waals surface area (Å²) >= 11 is 0. The van der Waals surface area contributed by atoms with Gasteiger partial charge in [-0.2, -0.15) is 5.10 Å². The molecule has 0 radical (unpaired) electrons. The summed E-state index contributed by atoms with van der Waals surface area (Å²) in [5, 5.41) is 15.8. The molecular formula is C23H37N5O4. The van der Waals surface area contributed by atoms with Crippen molar-refractivity contribution in [3.8, 4) is 11.3 Å². The monoisotopic (exact) mass is 447 g/mol. The molecule has 0 atom stereocenters. The van der Waals surface area contributed by atoms with Crippen molar-refractivity contribution in [3.05, 3.63) is 53.7 Å². The zero-order valence-electron chi connectivity index (χ0n) is 19.3. The molecule has 3 rings (SSSR count). The van der Waals surface area contributed by atoms with Crippen molar-refractivity contribution in [2.75, 3.05) is 6.61 Å². The lowest BCUT2D eigenvalue weighted by molar-refractivity contribution is -0.139. The summed E-state index contributed by atoms with van der Waals surface area (Å²) < 4.78 is 10.3. The van der Waals surface area contributed by atoms with E-state index in [0.29, 0.717) is 0 Å². The molecule has 1 heterocycles. The first-order chi connectivity index (χ1) is 15.6. The Morgan fingerprint density at radius 3 is 2.47 bits per heavy atom. The number of esters is 1. The summed E-state index contributed by atoms with van der Waals surface area (Å²) in [6.45, 7) is 6.03. The first-order valence-corrected chi connectivity index (χ1v) is 11.1. The third kappa shape index (κ3) is 8.60. The predicted molar refractivity (Wildman–Crippen MR) is 124 cm³/mol. The van der Waals surface area contributed by atoms with Gasteiger partial charge in [0.1, 0.15) is 6.10 Å². The van der Waals surface area contributed by atoms with E-state index in [1.54, 1.807) is 13.1 Å². The lowest BCUT2D eigenvalue weighted by atomic mass is 9.98. The number of aromatic nitrogens is 2. The molecule has 0 saturated heterocycles. The van der Waals surface area contributed by atoms with Gasteiger partial charge in [0.05, 0.1) is 18.9 Å². The summed E-state index contributed by atoms with van der Waals surface area (Å²) in [5.74, 6) is 4.66. The van der Waals surface area contributed by atoms with E-state index in [-0.39, 0.29) is 30.9 Å². The van der Waals surface area contributed by atoms with Crippen molar-refractivity contribution >= 4 is 5.97 Å².